The van der Waals surface area contributed by atoms with Crippen molar-refractivity contribution in [1.82, 2.24) is 0 Å². The lowest BCUT2D eigenvalue weighted by Gasteiger charge is -1.90. The van der Waals surface area contributed by atoms with Gasteiger partial charge in [-0.05, 0) is 19.4 Å². The quantitative estimate of drug-likeness (QED) is 0.822. The van der Waals surface area contributed by atoms with E-state index in [1.54, 1.807) is 11.3 Å². The molecule has 0 aliphatic carbocycles. The minimum atomic E-state index is -0.767. The van der Waals surface area contributed by atoms with Gasteiger partial charge in [-0.1, -0.05) is 11.6 Å². The molecule has 0 saturated heterocycles. The first-order chi connectivity index (χ1) is 5.59. The van der Waals surface area contributed by atoms with Gasteiger partial charge in [0.15, 0.2) is 0 Å². The summed E-state index contributed by atoms with van der Waals surface area (Å²) in [6.45, 7) is 1.93. The van der Waals surface area contributed by atoms with E-state index in [4.69, 9.17) is 16.7 Å². The maximum atomic E-state index is 10.2. The molecule has 0 bridgehead atoms. The van der Waals surface area contributed by atoms with Crippen molar-refractivity contribution in [3.8, 4) is 0 Å². The van der Waals surface area contributed by atoms with Gasteiger partial charge in [-0.2, -0.15) is 0 Å². The minimum absolute atomic E-state index is 0.177. The predicted molar refractivity (Wildman–Crippen MR) is 50.0 cm³/mol. The van der Waals surface area contributed by atoms with Crippen LogP contribution in [0.4, 0.5) is 0 Å². The molecule has 0 spiro atoms. The molecular weight excluding hydrogens is 196 g/mol. The zero-order valence-electron chi connectivity index (χ0n) is 6.63. The maximum Gasteiger partial charge on any atom is 0.303 e. The SMILES string of the molecule is Cc1sc(CCC(=O)O)cc1Cl. The van der Waals surface area contributed by atoms with Crippen LogP contribution in [-0.4, -0.2) is 11.1 Å². The molecule has 0 aromatic carbocycles. The zero-order valence-corrected chi connectivity index (χ0v) is 8.21. The summed E-state index contributed by atoms with van der Waals surface area (Å²) in [5, 5.41) is 9.16. The number of hydrogen-bond acceptors (Lipinski definition) is 2. The summed E-state index contributed by atoms with van der Waals surface area (Å²) in [6.07, 6.45) is 0.754. The van der Waals surface area contributed by atoms with Crippen molar-refractivity contribution in [2.24, 2.45) is 0 Å². The molecule has 0 saturated carbocycles. The molecule has 1 aromatic heterocycles. The van der Waals surface area contributed by atoms with Crippen molar-refractivity contribution >= 4 is 28.9 Å². The Morgan fingerprint density at radius 3 is 2.83 bits per heavy atom. The average Bonchev–Trinajstić information content (AvgIpc) is 2.28. The second-order valence-electron chi connectivity index (χ2n) is 2.51. The fourth-order valence-electron chi connectivity index (χ4n) is 0.871. The van der Waals surface area contributed by atoms with Crippen molar-refractivity contribution < 1.29 is 9.90 Å². The van der Waals surface area contributed by atoms with E-state index >= 15 is 0 Å². The third kappa shape index (κ3) is 2.50. The summed E-state index contributed by atoms with van der Waals surface area (Å²) >= 11 is 7.37. The van der Waals surface area contributed by atoms with Gasteiger partial charge in [0, 0.05) is 9.75 Å². The molecule has 1 heterocycles. The highest BCUT2D eigenvalue weighted by Crippen LogP contribution is 2.26. The summed E-state index contributed by atoms with van der Waals surface area (Å²) in [5.41, 5.74) is 0. The lowest BCUT2D eigenvalue weighted by Crippen LogP contribution is -1.95. The smallest absolute Gasteiger partial charge is 0.303 e. The van der Waals surface area contributed by atoms with Crippen molar-refractivity contribution in [1.29, 1.82) is 0 Å². The van der Waals surface area contributed by atoms with Gasteiger partial charge in [0.05, 0.1) is 11.4 Å². The molecule has 1 aromatic rings. The molecule has 0 fully saturated rings. The van der Waals surface area contributed by atoms with Gasteiger partial charge < -0.3 is 5.11 Å². The monoisotopic (exact) mass is 204 g/mol. The van der Waals surface area contributed by atoms with E-state index in [0.29, 0.717) is 6.42 Å². The molecule has 0 unspecified atom stereocenters. The van der Waals surface area contributed by atoms with E-state index in [0.717, 1.165) is 14.8 Å². The summed E-state index contributed by atoms with van der Waals surface area (Å²) in [7, 11) is 0. The van der Waals surface area contributed by atoms with Crippen LogP contribution < -0.4 is 0 Å². The maximum absolute atomic E-state index is 10.2. The lowest BCUT2D eigenvalue weighted by molar-refractivity contribution is -0.136. The third-order valence-electron chi connectivity index (χ3n) is 1.49. The first-order valence-electron chi connectivity index (χ1n) is 3.56. The summed E-state index contributed by atoms with van der Waals surface area (Å²) in [6, 6.07) is 1.84. The first kappa shape index (κ1) is 9.55. The Labute approximate surface area is 79.8 Å². The van der Waals surface area contributed by atoms with E-state index in [9.17, 15) is 4.79 Å². The minimum Gasteiger partial charge on any atom is -0.481 e. The van der Waals surface area contributed by atoms with Crippen molar-refractivity contribution in [3.63, 3.8) is 0 Å². The van der Waals surface area contributed by atoms with Gasteiger partial charge in [-0.3, -0.25) is 4.79 Å². The molecule has 0 atom stereocenters. The van der Waals surface area contributed by atoms with Crippen LogP contribution in [-0.2, 0) is 11.2 Å². The molecule has 0 amide bonds. The van der Waals surface area contributed by atoms with Crippen LogP contribution in [0.15, 0.2) is 6.07 Å². The zero-order chi connectivity index (χ0) is 9.14. The molecule has 1 N–H and O–H groups in total. The number of thiophene rings is 1. The van der Waals surface area contributed by atoms with Crippen LogP contribution in [0.5, 0.6) is 0 Å². The molecule has 66 valence electrons. The Balaban J connectivity index is 2.58. The molecule has 4 heteroatoms. The van der Waals surface area contributed by atoms with Gasteiger partial charge in [-0.25, -0.2) is 0 Å². The molecule has 2 nitrogen and oxygen atoms in total. The van der Waals surface area contributed by atoms with E-state index in [-0.39, 0.29) is 6.42 Å². The number of hydrogen-bond donors (Lipinski definition) is 1. The van der Waals surface area contributed by atoms with E-state index in [1.165, 1.54) is 0 Å². The Kier molecular flexibility index (Phi) is 3.12. The molecule has 1 rings (SSSR count). The number of carbonyl (C=O) groups is 1. The number of aliphatic carboxylic acids is 1. The number of halogens is 1. The third-order valence-corrected chi connectivity index (χ3v) is 3.11. The number of carboxylic acids is 1. The highest BCUT2D eigenvalue weighted by molar-refractivity contribution is 7.12. The van der Waals surface area contributed by atoms with Crippen LogP contribution >= 0.6 is 22.9 Å². The Morgan fingerprint density at radius 1 is 1.75 bits per heavy atom. The van der Waals surface area contributed by atoms with Crippen LogP contribution in [0, 0.1) is 6.92 Å². The number of carboxylic acid groups (broad SMARTS) is 1. The highest BCUT2D eigenvalue weighted by Gasteiger charge is 2.04. The largest absolute Gasteiger partial charge is 0.481 e. The van der Waals surface area contributed by atoms with Crippen LogP contribution in [0.2, 0.25) is 5.02 Å². The normalized spacial score (nSPS) is 10.2. The Bertz CT molecular complexity index is 274. The predicted octanol–water partition coefficient (Wildman–Crippen LogP) is 2.73. The first-order valence-corrected chi connectivity index (χ1v) is 4.75. The molecule has 0 aliphatic rings. The van der Waals surface area contributed by atoms with Crippen LogP contribution in [0.3, 0.4) is 0 Å². The Hall–Kier alpha value is -0.540. The van der Waals surface area contributed by atoms with Gasteiger partial charge in [-0.15, -0.1) is 11.3 Å². The summed E-state index contributed by atoms with van der Waals surface area (Å²) in [5.74, 6) is -0.767. The van der Waals surface area contributed by atoms with Gasteiger partial charge in [0.25, 0.3) is 0 Å². The average molecular weight is 205 g/mol. The molecule has 0 aliphatic heterocycles. The fourth-order valence-corrected chi connectivity index (χ4v) is 2.11. The molecular formula is C8H9ClO2S. The van der Waals surface area contributed by atoms with E-state index < -0.39 is 5.97 Å². The Morgan fingerprint density at radius 2 is 2.42 bits per heavy atom. The van der Waals surface area contributed by atoms with E-state index in [2.05, 4.69) is 0 Å². The topological polar surface area (TPSA) is 37.3 Å². The van der Waals surface area contributed by atoms with Crippen LogP contribution in [0.25, 0.3) is 0 Å². The van der Waals surface area contributed by atoms with Crippen molar-refractivity contribution in [2.75, 3.05) is 0 Å². The molecule has 0 radical (unpaired) electrons. The van der Waals surface area contributed by atoms with Gasteiger partial charge in [0.2, 0.25) is 0 Å². The van der Waals surface area contributed by atoms with Crippen LogP contribution in [0.1, 0.15) is 16.2 Å². The van der Waals surface area contributed by atoms with Crippen molar-refractivity contribution in [2.45, 2.75) is 19.8 Å². The van der Waals surface area contributed by atoms with E-state index in [1.807, 2.05) is 13.0 Å². The standard InChI is InChI=1S/C8H9ClO2S/c1-5-7(9)4-6(12-5)2-3-8(10)11/h4H,2-3H2,1H3,(H,10,11). The molecule has 12 heavy (non-hydrogen) atoms. The van der Waals surface area contributed by atoms with Crippen molar-refractivity contribution in [3.05, 3.63) is 20.8 Å². The highest BCUT2D eigenvalue weighted by atomic mass is 35.5. The van der Waals surface area contributed by atoms with Gasteiger partial charge in [0.1, 0.15) is 0 Å². The summed E-state index contributed by atoms with van der Waals surface area (Å²) < 4.78 is 0. The number of rotatable bonds is 3. The lowest BCUT2D eigenvalue weighted by atomic mass is 10.3. The second kappa shape index (κ2) is 3.92. The summed E-state index contributed by atoms with van der Waals surface area (Å²) in [4.78, 5) is 12.3. The fraction of sp³-hybridized carbons (Fsp3) is 0.375. The van der Waals surface area contributed by atoms with Gasteiger partial charge >= 0.3 is 5.97 Å². The second-order valence-corrected chi connectivity index (χ2v) is 4.26. The number of aryl methyl sites for hydroxylation is 2.